The van der Waals surface area contributed by atoms with Crippen molar-refractivity contribution in [2.75, 3.05) is 18.6 Å². The number of anilines is 1. The van der Waals surface area contributed by atoms with Gasteiger partial charge in [-0.2, -0.15) is 0 Å². The average Bonchev–Trinajstić information content (AvgIpc) is 2.83. The molecule has 2 N–H and O–H groups in total. The monoisotopic (exact) mass is 278 g/mol. The maximum Gasteiger partial charge on any atom is 0.232 e. The van der Waals surface area contributed by atoms with Crippen molar-refractivity contribution >= 4 is 28.8 Å². The van der Waals surface area contributed by atoms with Crippen LogP contribution in [0.2, 0.25) is 0 Å². The molecule has 2 rings (SSSR count). The SMILES string of the molecule is CC1CC(C(=O)N(C)c2ccccc2C(N)=S)CO1. The number of hydrogen-bond acceptors (Lipinski definition) is 3. The molecule has 4 nitrogen and oxygen atoms in total. The fraction of sp³-hybridized carbons (Fsp3) is 0.429. The second-order valence-electron chi connectivity index (χ2n) is 4.86. The van der Waals surface area contributed by atoms with Crippen LogP contribution in [-0.2, 0) is 9.53 Å². The standard InChI is InChI=1S/C14H18N2O2S/c1-9-7-10(8-18-9)14(17)16(2)12-6-4-3-5-11(12)13(15)19/h3-6,9-10H,7-8H2,1-2H3,(H2,15,19). The normalized spacial score (nSPS) is 22.2. The third kappa shape index (κ3) is 2.93. The van der Waals surface area contributed by atoms with Crippen LogP contribution in [0.5, 0.6) is 0 Å². The van der Waals surface area contributed by atoms with Gasteiger partial charge in [0.15, 0.2) is 0 Å². The second-order valence-corrected chi connectivity index (χ2v) is 5.30. The predicted molar refractivity (Wildman–Crippen MR) is 79.3 cm³/mol. The third-order valence-corrected chi connectivity index (χ3v) is 3.63. The van der Waals surface area contributed by atoms with E-state index in [2.05, 4.69) is 0 Å². The van der Waals surface area contributed by atoms with Gasteiger partial charge in [-0.1, -0.05) is 24.4 Å². The smallest absolute Gasteiger partial charge is 0.232 e. The summed E-state index contributed by atoms with van der Waals surface area (Å²) >= 11 is 5.02. The zero-order valence-electron chi connectivity index (χ0n) is 11.1. The van der Waals surface area contributed by atoms with Gasteiger partial charge in [0, 0.05) is 12.6 Å². The van der Waals surface area contributed by atoms with Gasteiger partial charge < -0.3 is 15.4 Å². The molecule has 1 fully saturated rings. The van der Waals surface area contributed by atoms with Gasteiger partial charge in [-0.05, 0) is 25.5 Å². The first-order valence-electron chi connectivity index (χ1n) is 6.28. The van der Waals surface area contributed by atoms with Gasteiger partial charge in [-0.25, -0.2) is 0 Å². The molecule has 1 aliphatic heterocycles. The van der Waals surface area contributed by atoms with Gasteiger partial charge in [0.25, 0.3) is 0 Å². The van der Waals surface area contributed by atoms with Crippen LogP contribution in [-0.4, -0.2) is 30.7 Å². The summed E-state index contributed by atoms with van der Waals surface area (Å²) in [6.45, 7) is 2.47. The number of thiocarbonyl (C=S) groups is 1. The van der Waals surface area contributed by atoms with Crippen molar-refractivity contribution in [3.05, 3.63) is 29.8 Å². The van der Waals surface area contributed by atoms with Crippen LogP contribution in [0.4, 0.5) is 5.69 Å². The minimum Gasteiger partial charge on any atom is -0.389 e. The Kier molecular flexibility index (Phi) is 4.17. The van der Waals surface area contributed by atoms with Crippen LogP contribution >= 0.6 is 12.2 Å². The minimum absolute atomic E-state index is 0.0491. The number of para-hydroxylation sites is 1. The van der Waals surface area contributed by atoms with Crippen LogP contribution in [0.3, 0.4) is 0 Å². The van der Waals surface area contributed by atoms with Gasteiger partial charge >= 0.3 is 0 Å². The molecule has 2 atom stereocenters. The Morgan fingerprint density at radius 1 is 1.47 bits per heavy atom. The maximum absolute atomic E-state index is 12.4. The van der Waals surface area contributed by atoms with E-state index in [1.807, 2.05) is 31.2 Å². The van der Waals surface area contributed by atoms with Crippen molar-refractivity contribution in [2.45, 2.75) is 19.4 Å². The van der Waals surface area contributed by atoms with Crippen LogP contribution in [0.15, 0.2) is 24.3 Å². The molecule has 0 saturated carbocycles. The molecule has 0 aromatic heterocycles. The summed E-state index contributed by atoms with van der Waals surface area (Å²) in [6.07, 6.45) is 0.909. The number of nitrogens with zero attached hydrogens (tertiary/aromatic N) is 1. The molecule has 1 aliphatic rings. The van der Waals surface area contributed by atoms with E-state index in [0.717, 1.165) is 17.7 Å². The molecule has 1 aromatic rings. The summed E-state index contributed by atoms with van der Waals surface area (Å²) in [5.74, 6) is -0.0348. The quantitative estimate of drug-likeness (QED) is 0.855. The molecule has 0 bridgehead atoms. The Morgan fingerprint density at radius 2 is 2.16 bits per heavy atom. The molecule has 0 spiro atoms. The predicted octanol–water partition coefficient (Wildman–Crippen LogP) is 1.71. The first-order valence-corrected chi connectivity index (χ1v) is 6.69. The summed E-state index contributed by atoms with van der Waals surface area (Å²) in [7, 11) is 1.75. The number of ether oxygens (including phenoxy) is 1. The molecular formula is C14H18N2O2S. The Hall–Kier alpha value is -1.46. The lowest BCUT2D eigenvalue weighted by Crippen LogP contribution is -2.34. The molecule has 5 heteroatoms. The van der Waals surface area contributed by atoms with Gasteiger partial charge in [0.05, 0.1) is 24.3 Å². The summed E-state index contributed by atoms with van der Waals surface area (Å²) in [5.41, 5.74) is 7.17. The Morgan fingerprint density at radius 3 is 2.74 bits per heavy atom. The fourth-order valence-electron chi connectivity index (χ4n) is 2.36. The summed E-state index contributed by atoms with van der Waals surface area (Å²) in [6, 6.07) is 7.41. The number of carbonyl (C=O) groups is 1. The molecule has 0 aliphatic carbocycles. The van der Waals surface area contributed by atoms with E-state index in [0.29, 0.717) is 11.6 Å². The number of amides is 1. The number of carbonyl (C=O) groups excluding carboxylic acids is 1. The minimum atomic E-state index is -0.0839. The number of hydrogen-bond donors (Lipinski definition) is 1. The maximum atomic E-state index is 12.4. The highest BCUT2D eigenvalue weighted by molar-refractivity contribution is 7.80. The largest absolute Gasteiger partial charge is 0.389 e. The van der Waals surface area contributed by atoms with Gasteiger partial charge in [-0.15, -0.1) is 0 Å². The molecule has 1 saturated heterocycles. The average molecular weight is 278 g/mol. The fourth-order valence-corrected chi connectivity index (χ4v) is 2.53. The molecule has 1 amide bonds. The van der Waals surface area contributed by atoms with Crippen molar-refractivity contribution in [3.8, 4) is 0 Å². The molecule has 102 valence electrons. The number of nitrogens with two attached hydrogens (primary N) is 1. The highest BCUT2D eigenvalue weighted by atomic mass is 32.1. The van der Waals surface area contributed by atoms with Crippen molar-refractivity contribution in [1.29, 1.82) is 0 Å². The lowest BCUT2D eigenvalue weighted by molar-refractivity contribution is -0.122. The van der Waals surface area contributed by atoms with E-state index in [4.69, 9.17) is 22.7 Å². The van der Waals surface area contributed by atoms with E-state index < -0.39 is 0 Å². The Bertz CT molecular complexity index is 504. The third-order valence-electron chi connectivity index (χ3n) is 3.41. The van der Waals surface area contributed by atoms with E-state index in [1.54, 1.807) is 11.9 Å². The van der Waals surface area contributed by atoms with Crippen molar-refractivity contribution in [3.63, 3.8) is 0 Å². The second kappa shape index (κ2) is 5.67. The first kappa shape index (κ1) is 14.0. The van der Waals surface area contributed by atoms with Crippen molar-refractivity contribution in [1.82, 2.24) is 0 Å². The first-order chi connectivity index (χ1) is 9.00. The molecule has 1 aromatic carbocycles. The van der Waals surface area contributed by atoms with Gasteiger partial charge in [0.1, 0.15) is 4.99 Å². The van der Waals surface area contributed by atoms with Crippen LogP contribution in [0.1, 0.15) is 18.9 Å². The Balaban J connectivity index is 2.22. The molecule has 0 radical (unpaired) electrons. The molecule has 19 heavy (non-hydrogen) atoms. The molecule has 1 heterocycles. The summed E-state index contributed by atoms with van der Waals surface area (Å²) in [4.78, 5) is 14.4. The van der Waals surface area contributed by atoms with Crippen LogP contribution < -0.4 is 10.6 Å². The van der Waals surface area contributed by atoms with Crippen molar-refractivity contribution in [2.24, 2.45) is 11.7 Å². The highest BCUT2D eigenvalue weighted by Crippen LogP contribution is 2.25. The Labute approximate surface area is 118 Å². The van der Waals surface area contributed by atoms with Gasteiger partial charge in [-0.3, -0.25) is 4.79 Å². The van der Waals surface area contributed by atoms with E-state index in [-0.39, 0.29) is 17.9 Å². The zero-order valence-corrected chi connectivity index (χ0v) is 11.9. The highest BCUT2D eigenvalue weighted by Gasteiger charge is 2.31. The van der Waals surface area contributed by atoms with Crippen LogP contribution in [0.25, 0.3) is 0 Å². The van der Waals surface area contributed by atoms with Crippen molar-refractivity contribution < 1.29 is 9.53 Å². The van der Waals surface area contributed by atoms with E-state index in [9.17, 15) is 4.79 Å². The molecule has 2 unspecified atom stereocenters. The summed E-state index contributed by atoms with van der Waals surface area (Å²) in [5, 5.41) is 0. The van der Waals surface area contributed by atoms with Crippen LogP contribution in [0, 0.1) is 5.92 Å². The number of benzene rings is 1. The van der Waals surface area contributed by atoms with E-state index in [1.165, 1.54) is 0 Å². The molecular weight excluding hydrogens is 260 g/mol. The van der Waals surface area contributed by atoms with E-state index >= 15 is 0 Å². The zero-order chi connectivity index (χ0) is 14.0. The number of rotatable bonds is 3. The lowest BCUT2D eigenvalue weighted by atomic mass is 10.0. The lowest BCUT2D eigenvalue weighted by Gasteiger charge is -2.22. The topological polar surface area (TPSA) is 55.6 Å². The summed E-state index contributed by atoms with van der Waals surface area (Å²) < 4.78 is 5.45. The van der Waals surface area contributed by atoms with Gasteiger partial charge in [0.2, 0.25) is 5.91 Å².